The molecule has 0 amide bonds. The van der Waals surface area contributed by atoms with Crippen LogP contribution in [0.15, 0.2) is 36.4 Å². The SMILES string of the molecule is C=[N+]1CC[C@@H]2CCC[C@@]21C/C=C/c1ccccc1. The van der Waals surface area contributed by atoms with Crippen LogP contribution in [-0.2, 0) is 0 Å². The number of benzene rings is 1. The van der Waals surface area contributed by atoms with Crippen LogP contribution in [0.4, 0.5) is 0 Å². The Kier molecular flexibility index (Phi) is 3.07. The van der Waals surface area contributed by atoms with Crippen LogP contribution < -0.4 is 0 Å². The Morgan fingerprint density at radius 3 is 2.94 bits per heavy atom. The Labute approximate surface area is 110 Å². The monoisotopic (exact) mass is 240 g/mol. The van der Waals surface area contributed by atoms with Crippen molar-refractivity contribution in [2.24, 2.45) is 5.92 Å². The van der Waals surface area contributed by atoms with Crippen LogP contribution in [0.25, 0.3) is 6.08 Å². The minimum atomic E-state index is 0.380. The van der Waals surface area contributed by atoms with Crippen molar-refractivity contribution in [1.82, 2.24) is 0 Å². The smallest absolute Gasteiger partial charge is 0.168 e. The summed E-state index contributed by atoms with van der Waals surface area (Å²) in [6, 6.07) is 10.6. The normalized spacial score (nSPS) is 31.1. The standard InChI is InChI=1S/C17H22N/c1-18-14-11-16-10-6-13-17(16,18)12-5-9-15-7-3-2-4-8-15/h2-5,7-9,16H,1,6,10-14H2/q+1/b9-5+/t16-,17-/m0/s1. The molecule has 1 aliphatic carbocycles. The maximum Gasteiger partial charge on any atom is 0.168 e. The highest BCUT2D eigenvalue weighted by Gasteiger charge is 2.54. The zero-order valence-corrected chi connectivity index (χ0v) is 11.0. The van der Waals surface area contributed by atoms with Crippen molar-refractivity contribution in [1.29, 1.82) is 0 Å². The van der Waals surface area contributed by atoms with Gasteiger partial charge in [-0.2, -0.15) is 0 Å². The van der Waals surface area contributed by atoms with E-state index in [0.29, 0.717) is 5.54 Å². The lowest BCUT2D eigenvalue weighted by atomic mass is 9.85. The average molecular weight is 240 g/mol. The zero-order valence-electron chi connectivity index (χ0n) is 11.0. The molecule has 2 atom stereocenters. The van der Waals surface area contributed by atoms with Crippen LogP contribution in [-0.4, -0.2) is 23.4 Å². The fourth-order valence-corrected chi connectivity index (χ4v) is 3.85. The van der Waals surface area contributed by atoms with Crippen LogP contribution in [0.2, 0.25) is 0 Å². The van der Waals surface area contributed by atoms with E-state index in [2.05, 4.69) is 53.8 Å². The van der Waals surface area contributed by atoms with Crippen molar-refractivity contribution in [3.63, 3.8) is 0 Å². The van der Waals surface area contributed by atoms with Gasteiger partial charge in [0.05, 0.1) is 0 Å². The Hall–Kier alpha value is -1.37. The molecule has 94 valence electrons. The van der Waals surface area contributed by atoms with E-state index < -0.39 is 0 Å². The molecule has 2 fully saturated rings. The number of hydrogen-bond donors (Lipinski definition) is 0. The van der Waals surface area contributed by atoms with Crippen molar-refractivity contribution in [3.8, 4) is 0 Å². The molecule has 1 nitrogen and oxygen atoms in total. The minimum Gasteiger partial charge on any atom is -0.236 e. The van der Waals surface area contributed by atoms with Crippen molar-refractivity contribution in [2.45, 2.75) is 37.6 Å². The van der Waals surface area contributed by atoms with Gasteiger partial charge in [-0.25, -0.2) is 4.58 Å². The highest BCUT2D eigenvalue weighted by molar-refractivity contribution is 5.48. The molecule has 1 heteroatoms. The van der Waals surface area contributed by atoms with Gasteiger partial charge in [0.25, 0.3) is 0 Å². The molecule has 1 saturated heterocycles. The fourth-order valence-electron chi connectivity index (χ4n) is 3.85. The first-order valence-electron chi connectivity index (χ1n) is 7.11. The molecule has 0 aromatic heterocycles. The second-order valence-corrected chi connectivity index (χ2v) is 5.76. The topological polar surface area (TPSA) is 3.01 Å². The van der Waals surface area contributed by atoms with Gasteiger partial charge in [0, 0.05) is 25.2 Å². The van der Waals surface area contributed by atoms with Crippen molar-refractivity contribution in [3.05, 3.63) is 42.0 Å². The maximum atomic E-state index is 4.28. The number of rotatable bonds is 3. The van der Waals surface area contributed by atoms with Gasteiger partial charge in [-0.1, -0.05) is 42.5 Å². The summed E-state index contributed by atoms with van der Waals surface area (Å²) >= 11 is 0. The first-order chi connectivity index (χ1) is 8.81. The lowest BCUT2D eigenvalue weighted by Crippen LogP contribution is -2.37. The van der Waals surface area contributed by atoms with Crippen molar-refractivity contribution in [2.75, 3.05) is 6.54 Å². The first-order valence-corrected chi connectivity index (χ1v) is 7.11. The predicted molar refractivity (Wildman–Crippen MR) is 77.0 cm³/mol. The molecule has 1 aromatic rings. The minimum absolute atomic E-state index is 0.380. The van der Waals surface area contributed by atoms with E-state index in [1.807, 2.05) is 0 Å². The number of nitrogens with zero attached hydrogens (tertiary/aromatic N) is 1. The molecule has 18 heavy (non-hydrogen) atoms. The summed E-state index contributed by atoms with van der Waals surface area (Å²) in [5.74, 6) is 0.885. The van der Waals surface area contributed by atoms with Gasteiger partial charge in [-0.15, -0.1) is 0 Å². The van der Waals surface area contributed by atoms with Gasteiger partial charge in [-0.3, -0.25) is 0 Å². The van der Waals surface area contributed by atoms with E-state index in [0.717, 1.165) is 12.3 Å². The summed E-state index contributed by atoms with van der Waals surface area (Å²) in [4.78, 5) is 0. The fraction of sp³-hybridized carbons (Fsp3) is 0.471. The van der Waals surface area contributed by atoms with Gasteiger partial charge in [-0.05, 0) is 18.4 Å². The largest absolute Gasteiger partial charge is 0.236 e. The summed E-state index contributed by atoms with van der Waals surface area (Å²) in [7, 11) is 0. The second kappa shape index (κ2) is 4.72. The van der Waals surface area contributed by atoms with Gasteiger partial charge in [0.1, 0.15) is 13.3 Å². The highest BCUT2D eigenvalue weighted by Crippen LogP contribution is 2.47. The lowest BCUT2D eigenvalue weighted by Gasteiger charge is -2.23. The third-order valence-electron chi connectivity index (χ3n) is 4.88. The number of hydrogen-bond acceptors (Lipinski definition) is 0. The highest BCUT2D eigenvalue weighted by atomic mass is 15.1. The molecule has 0 N–H and O–H groups in total. The molecule has 1 saturated carbocycles. The Balaban J connectivity index is 1.72. The molecule has 1 heterocycles. The summed E-state index contributed by atoms with van der Waals surface area (Å²) in [6.07, 6.45) is 11.3. The van der Waals surface area contributed by atoms with Crippen LogP contribution >= 0.6 is 0 Å². The van der Waals surface area contributed by atoms with Crippen LogP contribution in [0.1, 0.15) is 37.7 Å². The molecule has 0 spiro atoms. The molecule has 1 aromatic carbocycles. The molecule has 0 bridgehead atoms. The summed E-state index contributed by atoms with van der Waals surface area (Å²) < 4.78 is 2.38. The van der Waals surface area contributed by atoms with Crippen molar-refractivity contribution < 1.29 is 4.58 Å². The van der Waals surface area contributed by atoms with Crippen LogP contribution in [0.3, 0.4) is 0 Å². The Morgan fingerprint density at radius 2 is 2.11 bits per heavy atom. The van der Waals surface area contributed by atoms with Crippen LogP contribution in [0.5, 0.6) is 0 Å². The molecule has 0 unspecified atom stereocenters. The van der Waals surface area contributed by atoms with Gasteiger partial charge in [0.2, 0.25) is 0 Å². The maximum absolute atomic E-state index is 4.28. The van der Waals surface area contributed by atoms with Crippen LogP contribution in [0, 0.1) is 5.92 Å². The van der Waals surface area contributed by atoms with Gasteiger partial charge in [0.15, 0.2) is 5.54 Å². The molecule has 0 radical (unpaired) electrons. The molecule has 1 aliphatic heterocycles. The summed E-state index contributed by atoms with van der Waals surface area (Å²) in [5, 5.41) is 0. The average Bonchev–Trinajstić information content (AvgIpc) is 2.93. The quantitative estimate of drug-likeness (QED) is 0.708. The van der Waals surface area contributed by atoms with E-state index in [1.165, 1.54) is 37.8 Å². The Bertz CT molecular complexity index is 460. The van der Waals surface area contributed by atoms with Gasteiger partial charge >= 0.3 is 0 Å². The molecular formula is C17H22N+. The van der Waals surface area contributed by atoms with E-state index in [-0.39, 0.29) is 0 Å². The van der Waals surface area contributed by atoms with E-state index in [4.69, 9.17) is 0 Å². The summed E-state index contributed by atoms with van der Waals surface area (Å²) in [5.41, 5.74) is 1.68. The third kappa shape index (κ3) is 1.92. The predicted octanol–water partition coefficient (Wildman–Crippen LogP) is 3.75. The van der Waals surface area contributed by atoms with E-state index in [9.17, 15) is 0 Å². The lowest BCUT2D eigenvalue weighted by molar-refractivity contribution is -0.581. The molecule has 2 aliphatic rings. The first kappa shape index (κ1) is 11.7. The van der Waals surface area contributed by atoms with Crippen molar-refractivity contribution >= 4 is 12.8 Å². The second-order valence-electron chi connectivity index (χ2n) is 5.76. The third-order valence-corrected chi connectivity index (χ3v) is 4.88. The molecular weight excluding hydrogens is 218 g/mol. The molecule has 3 rings (SSSR count). The Morgan fingerprint density at radius 1 is 1.28 bits per heavy atom. The van der Waals surface area contributed by atoms with E-state index >= 15 is 0 Å². The van der Waals surface area contributed by atoms with Gasteiger partial charge < -0.3 is 0 Å². The summed E-state index contributed by atoms with van der Waals surface area (Å²) in [6.45, 7) is 5.46. The number of fused-ring (bicyclic) bond motifs is 1. The van der Waals surface area contributed by atoms with E-state index in [1.54, 1.807) is 0 Å². The zero-order chi connectivity index (χ0) is 12.4.